The van der Waals surface area contributed by atoms with Gasteiger partial charge in [0.25, 0.3) is 0 Å². The van der Waals surface area contributed by atoms with E-state index >= 15 is 0 Å². The lowest BCUT2D eigenvalue weighted by Crippen LogP contribution is -2.19. The molecule has 25 heavy (non-hydrogen) atoms. The molecule has 0 bridgehead atoms. The number of nitrogens with zero attached hydrogens (tertiary/aromatic N) is 2. The number of carbonyl (C=O) groups excluding carboxylic acids is 2. The SMILES string of the molecule is CCCn1c(SCC(=O)Nc2ccccc2C(=O)OCC)n[nH]c1=O. The summed E-state index contributed by atoms with van der Waals surface area (Å²) < 4.78 is 6.47. The Morgan fingerprint density at radius 2 is 2.08 bits per heavy atom. The molecule has 0 radical (unpaired) electrons. The molecule has 1 heterocycles. The Morgan fingerprint density at radius 3 is 2.80 bits per heavy atom. The smallest absolute Gasteiger partial charge is 0.343 e. The normalized spacial score (nSPS) is 10.5. The Morgan fingerprint density at radius 1 is 1.32 bits per heavy atom. The summed E-state index contributed by atoms with van der Waals surface area (Å²) in [5, 5.41) is 9.45. The maximum atomic E-state index is 12.2. The van der Waals surface area contributed by atoms with Crippen molar-refractivity contribution in [2.24, 2.45) is 0 Å². The summed E-state index contributed by atoms with van der Waals surface area (Å²) in [5.41, 5.74) is 0.391. The number of hydrogen-bond acceptors (Lipinski definition) is 6. The number of thioether (sulfide) groups is 1. The third kappa shape index (κ3) is 4.96. The molecule has 1 amide bonds. The number of ether oxygens (including phenoxy) is 1. The van der Waals surface area contributed by atoms with Crippen molar-refractivity contribution in [1.82, 2.24) is 14.8 Å². The van der Waals surface area contributed by atoms with E-state index < -0.39 is 5.97 Å². The van der Waals surface area contributed by atoms with E-state index in [0.29, 0.717) is 23.0 Å². The van der Waals surface area contributed by atoms with Gasteiger partial charge in [-0.1, -0.05) is 30.8 Å². The van der Waals surface area contributed by atoms with Crippen LogP contribution in [-0.4, -0.2) is 39.0 Å². The Bertz CT molecular complexity index is 799. The molecule has 0 aliphatic rings. The molecule has 0 unspecified atom stereocenters. The third-order valence-corrected chi connectivity index (χ3v) is 4.18. The van der Waals surface area contributed by atoms with Crippen LogP contribution in [-0.2, 0) is 16.1 Å². The molecule has 134 valence electrons. The van der Waals surface area contributed by atoms with Gasteiger partial charge in [-0.3, -0.25) is 9.36 Å². The highest BCUT2D eigenvalue weighted by atomic mass is 32.2. The molecule has 1 aromatic heterocycles. The third-order valence-electron chi connectivity index (χ3n) is 3.20. The topological polar surface area (TPSA) is 106 Å². The van der Waals surface area contributed by atoms with Crippen molar-refractivity contribution in [3.05, 3.63) is 40.3 Å². The minimum absolute atomic E-state index is 0.0607. The molecule has 0 atom stereocenters. The highest BCUT2D eigenvalue weighted by Crippen LogP contribution is 2.18. The minimum Gasteiger partial charge on any atom is -0.462 e. The molecular weight excluding hydrogens is 344 g/mol. The van der Waals surface area contributed by atoms with E-state index in [-0.39, 0.29) is 24.0 Å². The van der Waals surface area contributed by atoms with Crippen LogP contribution in [0.15, 0.2) is 34.2 Å². The molecule has 1 aromatic carbocycles. The van der Waals surface area contributed by atoms with E-state index in [4.69, 9.17) is 4.74 Å². The lowest BCUT2D eigenvalue weighted by molar-refractivity contribution is -0.113. The van der Waals surface area contributed by atoms with Crippen LogP contribution in [0.4, 0.5) is 5.69 Å². The first kappa shape index (κ1) is 18.8. The largest absolute Gasteiger partial charge is 0.462 e. The molecule has 0 aliphatic heterocycles. The monoisotopic (exact) mass is 364 g/mol. The summed E-state index contributed by atoms with van der Waals surface area (Å²) >= 11 is 1.15. The first-order valence-electron chi connectivity index (χ1n) is 7.90. The van der Waals surface area contributed by atoms with Crippen LogP contribution in [0, 0.1) is 0 Å². The Kier molecular flexibility index (Phi) is 6.81. The average Bonchev–Trinajstić information content (AvgIpc) is 2.94. The second-order valence-corrected chi connectivity index (χ2v) is 6.01. The van der Waals surface area contributed by atoms with Crippen LogP contribution in [0.3, 0.4) is 0 Å². The molecule has 2 aromatic rings. The zero-order chi connectivity index (χ0) is 18.2. The highest BCUT2D eigenvalue weighted by molar-refractivity contribution is 7.99. The number of rotatable bonds is 8. The molecular formula is C16H20N4O4S. The van der Waals surface area contributed by atoms with Crippen molar-refractivity contribution in [2.45, 2.75) is 32.0 Å². The van der Waals surface area contributed by atoms with Gasteiger partial charge in [-0.2, -0.15) is 0 Å². The Hall–Kier alpha value is -2.55. The molecule has 0 aliphatic carbocycles. The molecule has 2 rings (SSSR count). The minimum atomic E-state index is -0.491. The summed E-state index contributed by atoms with van der Waals surface area (Å²) in [6.45, 7) is 4.46. The van der Waals surface area contributed by atoms with Crippen LogP contribution in [0.25, 0.3) is 0 Å². The fourth-order valence-corrected chi connectivity index (χ4v) is 2.90. The van der Waals surface area contributed by atoms with Crippen LogP contribution < -0.4 is 11.0 Å². The summed E-state index contributed by atoms with van der Waals surface area (Å²) in [4.78, 5) is 35.7. The first-order chi connectivity index (χ1) is 12.1. The lowest BCUT2D eigenvalue weighted by atomic mass is 10.2. The fraction of sp³-hybridized carbons (Fsp3) is 0.375. The number of carbonyl (C=O) groups is 2. The number of benzene rings is 1. The van der Waals surface area contributed by atoms with Gasteiger partial charge in [-0.15, -0.1) is 5.10 Å². The number of aromatic amines is 1. The van der Waals surface area contributed by atoms with Gasteiger partial charge >= 0.3 is 11.7 Å². The van der Waals surface area contributed by atoms with Crippen molar-refractivity contribution >= 4 is 29.3 Å². The number of H-pyrrole nitrogens is 1. The number of amides is 1. The van der Waals surface area contributed by atoms with Gasteiger partial charge in [0.15, 0.2) is 5.16 Å². The zero-order valence-electron chi connectivity index (χ0n) is 14.1. The second kappa shape index (κ2) is 9.07. The Balaban J connectivity index is 2.02. The van der Waals surface area contributed by atoms with Crippen molar-refractivity contribution in [3.63, 3.8) is 0 Å². The lowest BCUT2D eigenvalue weighted by Gasteiger charge is -2.10. The molecule has 0 spiro atoms. The van der Waals surface area contributed by atoms with Gasteiger partial charge in [-0.25, -0.2) is 14.7 Å². The van der Waals surface area contributed by atoms with Crippen molar-refractivity contribution in [3.8, 4) is 0 Å². The number of hydrogen-bond donors (Lipinski definition) is 2. The van der Waals surface area contributed by atoms with E-state index in [2.05, 4.69) is 15.5 Å². The number of nitrogens with one attached hydrogen (secondary N) is 2. The number of esters is 1. The maximum Gasteiger partial charge on any atom is 0.343 e. The van der Waals surface area contributed by atoms with Crippen molar-refractivity contribution in [2.75, 3.05) is 17.7 Å². The average molecular weight is 364 g/mol. The van der Waals surface area contributed by atoms with Crippen LogP contribution in [0.2, 0.25) is 0 Å². The predicted octanol–water partition coefficient (Wildman–Crippen LogP) is 1.89. The van der Waals surface area contributed by atoms with Gasteiger partial charge in [0, 0.05) is 6.54 Å². The maximum absolute atomic E-state index is 12.2. The van der Waals surface area contributed by atoms with E-state index in [9.17, 15) is 14.4 Å². The van der Waals surface area contributed by atoms with Crippen LogP contribution >= 0.6 is 11.8 Å². The summed E-state index contributed by atoms with van der Waals surface area (Å²) in [6, 6.07) is 6.64. The standard InChI is InChI=1S/C16H20N4O4S/c1-3-9-20-15(23)18-19-16(20)25-10-13(21)17-12-8-6-5-7-11(12)14(22)24-4-2/h5-8H,3-4,9-10H2,1-2H3,(H,17,21)(H,18,23). The summed E-state index contributed by atoms with van der Waals surface area (Å²) in [5.74, 6) is -0.735. The summed E-state index contributed by atoms with van der Waals surface area (Å²) in [6.07, 6.45) is 0.784. The molecule has 0 saturated carbocycles. The van der Waals surface area contributed by atoms with Gasteiger partial charge in [0.1, 0.15) is 0 Å². The van der Waals surface area contributed by atoms with E-state index in [1.807, 2.05) is 6.92 Å². The van der Waals surface area contributed by atoms with Gasteiger partial charge in [-0.05, 0) is 25.5 Å². The molecule has 0 fully saturated rings. The quantitative estimate of drug-likeness (QED) is 0.547. The van der Waals surface area contributed by atoms with Crippen molar-refractivity contribution < 1.29 is 14.3 Å². The molecule has 2 N–H and O–H groups in total. The highest BCUT2D eigenvalue weighted by Gasteiger charge is 2.15. The van der Waals surface area contributed by atoms with Gasteiger partial charge in [0.05, 0.1) is 23.6 Å². The first-order valence-corrected chi connectivity index (χ1v) is 8.89. The Labute approximate surface area is 149 Å². The zero-order valence-corrected chi connectivity index (χ0v) is 14.9. The van der Waals surface area contributed by atoms with E-state index in [0.717, 1.165) is 18.2 Å². The predicted molar refractivity (Wildman–Crippen MR) is 94.9 cm³/mol. The van der Waals surface area contributed by atoms with E-state index in [1.54, 1.807) is 31.2 Å². The fourth-order valence-electron chi connectivity index (χ4n) is 2.13. The summed E-state index contributed by atoms with van der Waals surface area (Å²) in [7, 11) is 0. The molecule has 8 nitrogen and oxygen atoms in total. The van der Waals surface area contributed by atoms with Gasteiger partial charge < -0.3 is 10.1 Å². The number of aromatic nitrogens is 3. The number of para-hydroxylation sites is 1. The van der Waals surface area contributed by atoms with Gasteiger partial charge in [0.2, 0.25) is 5.91 Å². The molecule has 9 heteroatoms. The van der Waals surface area contributed by atoms with Crippen molar-refractivity contribution in [1.29, 1.82) is 0 Å². The van der Waals surface area contributed by atoms with E-state index in [1.165, 1.54) is 4.57 Å². The van der Waals surface area contributed by atoms with Crippen LogP contribution in [0.5, 0.6) is 0 Å². The number of anilines is 1. The molecule has 0 saturated heterocycles. The second-order valence-electron chi connectivity index (χ2n) is 5.07. The van der Waals surface area contributed by atoms with Crippen LogP contribution in [0.1, 0.15) is 30.6 Å².